The van der Waals surface area contributed by atoms with Gasteiger partial charge in [0.05, 0.1) is 0 Å². The van der Waals surface area contributed by atoms with Crippen molar-refractivity contribution in [2.75, 3.05) is 11.9 Å². The summed E-state index contributed by atoms with van der Waals surface area (Å²) < 4.78 is 0. The van der Waals surface area contributed by atoms with Crippen molar-refractivity contribution in [1.29, 1.82) is 0 Å². The highest BCUT2D eigenvalue weighted by atomic mass is 32.1. The smallest absolute Gasteiger partial charge is 0.321 e. The van der Waals surface area contributed by atoms with Crippen LogP contribution in [-0.2, 0) is 6.42 Å². The lowest BCUT2D eigenvalue weighted by molar-refractivity contribution is 0.218. The van der Waals surface area contributed by atoms with E-state index in [9.17, 15) is 4.79 Å². The molecule has 3 N–H and O–H groups in total. The quantitative estimate of drug-likeness (QED) is 0.717. The average molecular weight is 286 g/mol. The number of carbonyl (C=O) groups excluding carboxylic acids is 1. The minimum absolute atomic E-state index is 0.0350. The number of aliphatic hydroxyl groups is 1. The zero-order chi connectivity index (χ0) is 14.3. The van der Waals surface area contributed by atoms with Crippen molar-refractivity contribution in [2.45, 2.75) is 52.0 Å². The summed E-state index contributed by atoms with van der Waals surface area (Å²) in [6, 6.07) is -0.323. The number of aryl methyl sites for hydroxylation is 1. The molecule has 7 heteroatoms. The molecule has 0 spiro atoms. The van der Waals surface area contributed by atoms with Gasteiger partial charge in [-0.2, -0.15) is 0 Å². The van der Waals surface area contributed by atoms with Crippen LogP contribution in [0, 0.1) is 0 Å². The molecule has 0 bridgehead atoms. The van der Waals surface area contributed by atoms with E-state index in [-0.39, 0.29) is 12.6 Å². The van der Waals surface area contributed by atoms with E-state index < -0.39 is 5.54 Å². The van der Waals surface area contributed by atoms with Crippen LogP contribution in [0.4, 0.5) is 9.93 Å². The largest absolute Gasteiger partial charge is 0.396 e. The number of unbranched alkanes of at least 4 members (excludes halogenated alkanes) is 1. The molecule has 108 valence electrons. The van der Waals surface area contributed by atoms with Crippen LogP contribution >= 0.6 is 11.3 Å². The summed E-state index contributed by atoms with van der Waals surface area (Å²) in [7, 11) is 0. The minimum Gasteiger partial charge on any atom is -0.396 e. The van der Waals surface area contributed by atoms with Gasteiger partial charge in [0, 0.05) is 18.6 Å². The van der Waals surface area contributed by atoms with Crippen LogP contribution in [0.3, 0.4) is 0 Å². The third-order valence-corrected chi connectivity index (χ3v) is 3.52. The molecule has 1 aromatic rings. The second-order valence-electron chi connectivity index (χ2n) is 5.04. The lowest BCUT2D eigenvalue weighted by atomic mass is 10.0. The van der Waals surface area contributed by atoms with E-state index in [1.807, 2.05) is 13.8 Å². The highest BCUT2D eigenvalue weighted by Crippen LogP contribution is 2.17. The predicted octanol–water partition coefficient (Wildman–Crippen LogP) is 2.16. The number of carbonyl (C=O) groups is 1. The molecule has 0 atom stereocenters. The molecular weight excluding hydrogens is 264 g/mol. The van der Waals surface area contributed by atoms with Crippen LogP contribution in [0.2, 0.25) is 0 Å². The third-order valence-electron chi connectivity index (χ3n) is 2.62. The molecule has 0 saturated heterocycles. The van der Waals surface area contributed by atoms with Crippen LogP contribution < -0.4 is 10.6 Å². The van der Waals surface area contributed by atoms with E-state index in [4.69, 9.17) is 5.11 Å². The van der Waals surface area contributed by atoms with Crippen LogP contribution in [0.25, 0.3) is 0 Å². The maximum absolute atomic E-state index is 11.8. The van der Waals surface area contributed by atoms with Gasteiger partial charge in [-0.3, -0.25) is 5.32 Å². The average Bonchev–Trinajstić information content (AvgIpc) is 2.72. The molecule has 0 aromatic carbocycles. The van der Waals surface area contributed by atoms with Crippen molar-refractivity contribution in [1.82, 2.24) is 15.5 Å². The van der Waals surface area contributed by atoms with Crippen molar-refractivity contribution in [2.24, 2.45) is 0 Å². The molecule has 1 rings (SSSR count). The standard InChI is InChI=1S/C12H22N4O2S/c1-4-5-6-9-15-16-11(19-9)13-10(18)14-12(2,3)7-8-17/h17H,4-8H2,1-3H3,(H2,13,14,16,18). The lowest BCUT2D eigenvalue weighted by Crippen LogP contribution is -2.46. The van der Waals surface area contributed by atoms with Crippen LogP contribution in [0.5, 0.6) is 0 Å². The molecule has 0 unspecified atom stereocenters. The van der Waals surface area contributed by atoms with E-state index in [0.717, 1.165) is 24.3 Å². The maximum Gasteiger partial charge on any atom is 0.321 e. The number of amides is 2. The number of aliphatic hydroxyl groups excluding tert-OH is 1. The first-order valence-corrected chi connectivity index (χ1v) is 7.31. The molecule has 2 amide bonds. The summed E-state index contributed by atoms with van der Waals surface area (Å²) in [5, 5.41) is 23.7. The molecule has 6 nitrogen and oxygen atoms in total. The number of hydrogen-bond acceptors (Lipinski definition) is 5. The molecule has 0 aliphatic carbocycles. The number of nitrogens with zero attached hydrogens (tertiary/aromatic N) is 2. The summed E-state index contributed by atoms with van der Waals surface area (Å²) in [6.07, 6.45) is 3.58. The van der Waals surface area contributed by atoms with Crippen molar-refractivity contribution in [3.8, 4) is 0 Å². The van der Waals surface area contributed by atoms with Gasteiger partial charge in [-0.1, -0.05) is 24.7 Å². The summed E-state index contributed by atoms with van der Waals surface area (Å²) in [4.78, 5) is 11.8. The van der Waals surface area contributed by atoms with Gasteiger partial charge in [0.25, 0.3) is 0 Å². The topological polar surface area (TPSA) is 87.1 Å². The zero-order valence-corrected chi connectivity index (χ0v) is 12.5. The molecule has 0 aliphatic rings. The molecule has 1 aromatic heterocycles. The Kier molecular flexibility index (Phi) is 6.17. The Hall–Kier alpha value is -1.21. The van der Waals surface area contributed by atoms with Crippen LogP contribution in [0.1, 0.15) is 45.0 Å². The third kappa shape index (κ3) is 5.98. The zero-order valence-electron chi connectivity index (χ0n) is 11.7. The molecule has 0 saturated carbocycles. The van der Waals surface area contributed by atoms with Gasteiger partial charge in [0.15, 0.2) is 0 Å². The van der Waals surface area contributed by atoms with Gasteiger partial charge >= 0.3 is 6.03 Å². The fourth-order valence-corrected chi connectivity index (χ4v) is 2.29. The van der Waals surface area contributed by atoms with Gasteiger partial charge in [-0.05, 0) is 26.7 Å². The minimum atomic E-state index is -0.450. The van der Waals surface area contributed by atoms with E-state index in [1.54, 1.807) is 0 Å². The monoisotopic (exact) mass is 286 g/mol. The van der Waals surface area contributed by atoms with Crippen LogP contribution in [-0.4, -0.2) is 33.5 Å². The second-order valence-corrected chi connectivity index (χ2v) is 6.10. The number of anilines is 1. The predicted molar refractivity (Wildman–Crippen MR) is 76.5 cm³/mol. The molecular formula is C12H22N4O2S. The van der Waals surface area contributed by atoms with Gasteiger partial charge in [-0.25, -0.2) is 4.79 Å². The Labute approximate surface area is 117 Å². The van der Waals surface area contributed by atoms with Crippen molar-refractivity contribution in [3.63, 3.8) is 0 Å². The lowest BCUT2D eigenvalue weighted by Gasteiger charge is -2.24. The number of nitrogens with one attached hydrogen (secondary N) is 2. The molecule has 0 fully saturated rings. The Morgan fingerprint density at radius 2 is 2.16 bits per heavy atom. The van der Waals surface area contributed by atoms with Gasteiger partial charge in [-0.15, -0.1) is 10.2 Å². The van der Waals surface area contributed by atoms with Crippen molar-refractivity contribution >= 4 is 22.5 Å². The summed E-state index contributed by atoms with van der Waals surface area (Å²) >= 11 is 1.40. The number of aromatic nitrogens is 2. The highest BCUT2D eigenvalue weighted by Gasteiger charge is 2.20. The Balaban J connectivity index is 2.46. The summed E-state index contributed by atoms with van der Waals surface area (Å²) in [6.45, 7) is 5.87. The molecule has 0 radical (unpaired) electrons. The number of rotatable bonds is 7. The number of hydrogen-bond donors (Lipinski definition) is 3. The first kappa shape index (κ1) is 15.8. The first-order valence-electron chi connectivity index (χ1n) is 6.49. The Morgan fingerprint density at radius 3 is 2.79 bits per heavy atom. The van der Waals surface area contributed by atoms with Crippen molar-refractivity contribution < 1.29 is 9.90 Å². The van der Waals surface area contributed by atoms with Crippen LogP contribution in [0.15, 0.2) is 0 Å². The Morgan fingerprint density at radius 1 is 1.42 bits per heavy atom. The van der Waals surface area contributed by atoms with E-state index in [2.05, 4.69) is 27.8 Å². The fraction of sp³-hybridized carbons (Fsp3) is 0.750. The van der Waals surface area contributed by atoms with E-state index in [0.29, 0.717) is 11.6 Å². The molecule has 1 heterocycles. The second kappa shape index (κ2) is 7.40. The molecule has 0 aliphatic heterocycles. The normalized spacial score (nSPS) is 11.4. The molecule has 19 heavy (non-hydrogen) atoms. The van der Waals surface area contributed by atoms with Gasteiger partial charge < -0.3 is 10.4 Å². The summed E-state index contributed by atoms with van der Waals surface area (Å²) in [5.41, 5.74) is -0.450. The Bertz CT molecular complexity index is 406. The number of urea groups is 1. The van der Waals surface area contributed by atoms with Gasteiger partial charge in [0.2, 0.25) is 5.13 Å². The summed E-state index contributed by atoms with van der Waals surface area (Å²) in [5.74, 6) is 0. The van der Waals surface area contributed by atoms with Gasteiger partial charge in [0.1, 0.15) is 5.01 Å². The van der Waals surface area contributed by atoms with E-state index >= 15 is 0 Å². The van der Waals surface area contributed by atoms with E-state index in [1.165, 1.54) is 11.3 Å². The fourth-order valence-electron chi connectivity index (χ4n) is 1.51. The highest BCUT2D eigenvalue weighted by molar-refractivity contribution is 7.15. The van der Waals surface area contributed by atoms with Crippen molar-refractivity contribution in [3.05, 3.63) is 5.01 Å². The SMILES string of the molecule is CCCCc1nnc(NC(=O)NC(C)(C)CCO)s1. The maximum atomic E-state index is 11.8. The first-order chi connectivity index (χ1) is 8.96.